The molecule has 0 saturated heterocycles. The van der Waals surface area contributed by atoms with E-state index in [1.165, 1.54) is 0 Å². The fourth-order valence-electron chi connectivity index (χ4n) is 0. The van der Waals surface area contributed by atoms with E-state index in [9.17, 15) is 10.2 Å². The van der Waals surface area contributed by atoms with E-state index in [0.29, 0.717) is 0 Å². The summed E-state index contributed by atoms with van der Waals surface area (Å²) in [6, 6.07) is 0. The molecule has 0 radical (unpaired) electrons. The average molecular weight is 270 g/mol. The molecule has 0 aromatic heterocycles. The molecule has 0 amide bonds. The summed E-state index contributed by atoms with van der Waals surface area (Å²) >= 11 is 0. The second-order valence-electron chi connectivity index (χ2n) is 4.51. The van der Waals surface area contributed by atoms with Crippen LogP contribution in [-0.2, 0) is 0 Å². The van der Waals surface area contributed by atoms with Crippen LogP contribution in [0.15, 0.2) is 0 Å². The van der Waals surface area contributed by atoms with E-state index in [1.54, 1.807) is 41.5 Å². The zero-order valence-electron chi connectivity index (χ0n) is 11.6. The van der Waals surface area contributed by atoms with Gasteiger partial charge in [0, 0.05) is 0 Å². The summed E-state index contributed by atoms with van der Waals surface area (Å²) in [6.07, 6.45) is -1.83. The Hall–Kier alpha value is 1.83. The molecule has 0 rings (SSSR count). The number of hydrogen-bond donors (Lipinski definition) is 2. The van der Waals surface area contributed by atoms with E-state index in [2.05, 4.69) is 0 Å². The number of rotatable bonds is 0. The molecule has 2 N–H and O–H groups in total. The Kier molecular flexibility index (Phi) is 28.5. The molecule has 0 fully saturated rings. The second-order valence-corrected chi connectivity index (χ2v) is 4.51. The van der Waals surface area contributed by atoms with Gasteiger partial charge in [-0.2, -0.15) is 0 Å². The zero-order chi connectivity index (χ0) is 12.6. The van der Waals surface area contributed by atoms with Gasteiger partial charge in [0.1, 0.15) is 0 Å². The largest absolute Gasteiger partial charge is 1.00 e. The van der Waals surface area contributed by atoms with Gasteiger partial charge in [-0.05, 0) is 0 Å². The average Bonchev–Trinajstić information content (AvgIpc) is 1.45. The molecule has 88 valence electrons. The molecule has 7 heteroatoms. The molecule has 0 atom stereocenters. The van der Waals surface area contributed by atoms with Crippen molar-refractivity contribution in [3.8, 4) is 0 Å². The van der Waals surface area contributed by atoms with Crippen LogP contribution in [0.25, 0.3) is 0 Å². The van der Waals surface area contributed by atoms with Crippen LogP contribution in [0, 0.1) is 0 Å². The van der Waals surface area contributed by atoms with Crippen molar-refractivity contribution in [3.63, 3.8) is 0 Å². The molecule has 0 unspecified atom stereocenters. The van der Waals surface area contributed by atoms with Crippen molar-refractivity contribution in [1.29, 1.82) is 0 Å². The van der Waals surface area contributed by atoms with Gasteiger partial charge in [0.2, 0.25) is 0 Å². The van der Waals surface area contributed by atoms with E-state index in [1.807, 2.05) is 0 Å². The van der Waals surface area contributed by atoms with Crippen molar-refractivity contribution in [2.24, 2.45) is 0 Å². The molecular formula is C9H20KNaO5. The van der Waals surface area contributed by atoms with Gasteiger partial charge in [-0.25, -0.2) is 4.79 Å². The first-order valence-electron chi connectivity index (χ1n) is 4.06. The maximum atomic E-state index is 10.1. The van der Waals surface area contributed by atoms with Crippen LogP contribution in [0.4, 0.5) is 4.79 Å². The van der Waals surface area contributed by atoms with Crippen LogP contribution < -0.4 is 91.2 Å². The third-order valence-corrected chi connectivity index (χ3v) is 0. The van der Waals surface area contributed by atoms with Gasteiger partial charge in [-0.1, -0.05) is 41.5 Å². The summed E-state index contributed by atoms with van der Waals surface area (Å²) in [6.45, 7) is 9.79. The quantitative estimate of drug-likeness (QED) is 0.427. The first kappa shape index (κ1) is 30.7. The molecule has 0 heterocycles. The molecule has 0 aliphatic carbocycles. The fourth-order valence-corrected chi connectivity index (χ4v) is 0. The minimum absolute atomic E-state index is 0. The van der Waals surface area contributed by atoms with Gasteiger partial charge in [0.05, 0.1) is 0 Å². The third kappa shape index (κ3) is 1040. The SMILES string of the molecule is CC(C)(C)[O-].CC(C)(C)[O-].O=C(O)O.[K+].[Na+]. The topological polar surface area (TPSA) is 104 Å². The van der Waals surface area contributed by atoms with E-state index >= 15 is 0 Å². The minimum Gasteiger partial charge on any atom is -0.850 e. The van der Waals surface area contributed by atoms with Crippen LogP contribution in [0.3, 0.4) is 0 Å². The Bertz CT molecular complexity index is 123. The van der Waals surface area contributed by atoms with Gasteiger partial charge in [0.15, 0.2) is 0 Å². The Balaban J connectivity index is -0.0000000358. The molecule has 16 heavy (non-hydrogen) atoms. The van der Waals surface area contributed by atoms with Crippen molar-refractivity contribution < 1.29 is 106 Å². The van der Waals surface area contributed by atoms with Crippen LogP contribution in [0.2, 0.25) is 0 Å². The Morgan fingerprint density at radius 3 is 0.875 bits per heavy atom. The van der Waals surface area contributed by atoms with Gasteiger partial charge < -0.3 is 20.4 Å². The van der Waals surface area contributed by atoms with Crippen LogP contribution >= 0.6 is 0 Å². The number of carbonyl (C=O) groups is 1. The summed E-state index contributed by atoms with van der Waals surface area (Å²) in [5, 5.41) is 34.2. The summed E-state index contributed by atoms with van der Waals surface area (Å²) < 4.78 is 0. The van der Waals surface area contributed by atoms with Crippen LogP contribution in [-0.4, -0.2) is 27.6 Å². The van der Waals surface area contributed by atoms with Crippen molar-refractivity contribution in [3.05, 3.63) is 0 Å². The Morgan fingerprint density at radius 1 is 0.875 bits per heavy atom. The summed E-state index contributed by atoms with van der Waals surface area (Å²) in [4.78, 5) is 8.56. The summed E-state index contributed by atoms with van der Waals surface area (Å²) in [7, 11) is 0. The molecule has 0 aromatic carbocycles. The second kappa shape index (κ2) is 14.9. The first-order chi connectivity index (χ1) is 5.73. The predicted molar refractivity (Wildman–Crippen MR) is 50.2 cm³/mol. The maximum Gasteiger partial charge on any atom is 1.00 e. The fraction of sp³-hybridized carbons (Fsp3) is 0.889. The van der Waals surface area contributed by atoms with Crippen LogP contribution in [0.5, 0.6) is 0 Å². The van der Waals surface area contributed by atoms with Gasteiger partial charge in [0.25, 0.3) is 0 Å². The molecule has 0 saturated carbocycles. The predicted octanol–water partition coefficient (Wildman–Crippen LogP) is -5.48. The van der Waals surface area contributed by atoms with Gasteiger partial charge in [-0.15, -0.1) is 11.2 Å². The number of carboxylic acid groups (broad SMARTS) is 2. The van der Waals surface area contributed by atoms with E-state index in [4.69, 9.17) is 15.0 Å². The van der Waals surface area contributed by atoms with Gasteiger partial charge in [-0.3, -0.25) is 0 Å². The molecule has 0 aliphatic heterocycles. The summed E-state index contributed by atoms with van der Waals surface area (Å²) in [5.74, 6) is 0. The molecular weight excluding hydrogens is 250 g/mol. The first-order valence-corrected chi connectivity index (χ1v) is 4.06. The van der Waals surface area contributed by atoms with Crippen molar-refractivity contribution in [2.75, 3.05) is 0 Å². The molecule has 0 aliphatic rings. The van der Waals surface area contributed by atoms with E-state index < -0.39 is 17.4 Å². The molecule has 0 aromatic rings. The molecule has 5 nitrogen and oxygen atoms in total. The molecule has 0 bridgehead atoms. The van der Waals surface area contributed by atoms with Gasteiger partial charge >= 0.3 is 87.1 Å². The van der Waals surface area contributed by atoms with Crippen molar-refractivity contribution >= 4 is 6.16 Å². The smallest absolute Gasteiger partial charge is 0.850 e. The standard InChI is InChI=1S/2C4H9O.CH2O3.K.Na/c2*1-4(2,3)5;2-1(3)4;;/h2*1-3H3;(H2,2,3,4);;/q2*-1;;2*+1. The van der Waals surface area contributed by atoms with Crippen molar-refractivity contribution in [2.45, 2.75) is 52.7 Å². The Labute approximate surface area is 162 Å². The van der Waals surface area contributed by atoms with Crippen molar-refractivity contribution in [1.82, 2.24) is 0 Å². The molecule has 0 spiro atoms. The number of hydrogen-bond acceptors (Lipinski definition) is 3. The minimum atomic E-state index is -1.83. The normalized spacial score (nSPS) is 9.00. The van der Waals surface area contributed by atoms with E-state index in [-0.39, 0.29) is 80.9 Å². The van der Waals surface area contributed by atoms with E-state index in [0.717, 1.165) is 0 Å². The monoisotopic (exact) mass is 270 g/mol. The maximum absolute atomic E-state index is 10.1. The van der Waals surface area contributed by atoms with Crippen LogP contribution in [0.1, 0.15) is 41.5 Å². The zero-order valence-corrected chi connectivity index (χ0v) is 16.7. The Morgan fingerprint density at radius 2 is 0.875 bits per heavy atom. The summed E-state index contributed by atoms with van der Waals surface area (Å²) in [5.41, 5.74) is -1.50. The third-order valence-electron chi connectivity index (χ3n) is 0.